The van der Waals surface area contributed by atoms with Crippen LogP contribution < -0.4 is 21.5 Å². The van der Waals surface area contributed by atoms with Crippen molar-refractivity contribution >= 4 is 33.1 Å². The second-order valence-electron chi connectivity index (χ2n) is 6.31. The number of nitrogens with one attached hydrogen (secondary N) is 2. The molecule has 2 aromatic heterocycles. The summed E-state index contributed by atoms with van der Waals surface area (Å²) >= 11 is 5.70. The third kappa shape index (κ3) is 4.59. The largest absolute Gasteiger partial charge is 0.330 e. The first-order valence-corrected chi connectivity index (χ1v) is 10.4. The SMILES string of the molecule is Cn1cc(S(=O)(=O)NCc2nonc2C(=Nc2ccc(F)c(Cl)c2)NO)c(=O)n(C)c1=O. The Morgan fingerprint density at radius 1 is 1.31 bits per heavy atom. The third-order valence-corrected chi connectivity index (χ3v) is 5.84. The zero-order valence-corrected chi connectivity index (χ0v) is 18.0. The Hall–Kier alpha value is -3.40. The van der Waals surface area contributed by atoms with Crippen LogP contribution in [0.2, 0.25) is 5.02 Å². The summed E-state index contributed by atoms with van der Waals surface area (Å²) in [6.45, 7) is -0.516. The van der Waals surface area contributed by atoms with Crippen molar-refractivity contribution in [2.75, 3.05) is 0 Å². The van der Waals surface area contributed by atoms with Crippen molar-refractivity contribution in [3.8, 4) is 0 Å². The van der Waals surface area contributed by atoms with E-state index in [9.17, 15) is 27.6 Å². The molecule has 3 N–H and O–H groups in total. The topological polar surface area (TPSA) is 174 Å². The lowest BCUT2D eigenvalue weighted by Crippen LogP contribution is -2.41. The fourth-order valence-electron chi connectivity index (χ4n) is 2.52. The highest BCUT2D eigenvalue weighted by atomic mass is 35.5. The van der Waals surface area contributed by atoms with Crippen LogP contribution >= 0.6 is 11.6 Å². The molecule has 0 aliphatic carbocycles. The van der Waals surface area contributed by atoms with Crippen molar-refractivity contribution in [1.82, 2.24) is 29.6 Å². The van der Waals surface area contributed by atoms with Gasteiger partial charge in [0.25, 0.3) is 5.56 Å². The molecular weight excluding hydrogens is 473 g/mol. The first kappa shape index (κ1) is 23.3. The quantitative estimate of drug-likeness (QED) is 0.241. The molecule has 0 aliphatic rings. The Balaban J connectivity index is 1.90. The lowest BCUT2D eigenvalue weighted by molar-refractivity contribution is 0.234. The van der Waals surface area contributed by atoms with Crippen molar-refractivity contribution in [3.05, 3.63) is 67.5 Å². The molecule has 0 aliphatic heterocycles. The highest BCUT2D eigenvalue weighted by Gasteiger charge is 2.24. The molecule has 0 saturated heterocycles. The Bertz CT molecular complexity index is 1430. The molecule has 0 spiro atoms. The summed E-state index contributed by atoms with van der Waals surface area (Å²) in [7, 11) is -1.95. The van der Waals surface area contributed by atoms with E-state index >= 15 is 0 Å². The zero-order chi connectivity index (χ0) is 23.6. The summed E-state index contributed by atoms with van der Waals surface area (Å²) in [5.74, 6) is -0.979. The van der Waals surface area contributed by atoms with E-state index in [-0.39, 0.29) is 27.9 Å². The van der Waals surface area contributed by atoms with E-state index in [1.807, 2.05) is 0 Å². The van der Waals surface area contributed by atoms with Crippen LogP contribution in [-0.4, -0.2) is 38.9 Å². The maximum absolute atomic E-state index is 13.3. The van der Waals surface area contributed by atoms with Gasteiger partial charge in [-0.15, -0.1) is 0 Å². The summed E-state index contributed by atoms with van der Waals surface area (Å²) in [4.78, 5) is 27.3. The van der Waals surface area contributed by atoms with Crippen molar-refractivity contribution in [3.63, 3.8) is 0 Å². The van der Waals surface area contributed by atoms with Gasteiger partial charge in [-0.3, -0.25) is 20.0 Å². The number of rotatable bonds is 6. The van der Waals surface area contributed by atoms with Gasteiger partial charge >= 0.3 is 5.69 Å². The third-order valence-electron chi connectivity index (χ3n) is 4.16. The van der Waals surface area contributed by atoms with Crippen LogP contribution in [0.3, 0.4) is 0 Å². The maximum Gasteiger partial charge on any atom is 0.330 e. The van der Waals surface area contributed by atoms with Crippen molar-refractivity contribution in [2.45, 2.75) is 11.4 Å². The molecule has 13 nitrogen and oxygen atoms in total. The van der Waals surface area contributed by atoms with Crippen molar-refractivity contribution < 1.29 is 22.6 Å². The lowest BCUT2D eigenvalue weighted by Gasteiger charge is -2.09. The predicted molar refractivity (Wildman–Crippen MR) is 108 cm³/mol. The van der Waals surface area contributed by atoms with Gasteiger partial charge in [0.05, 0.1) is 17.3 Å². The van der Waals surface area contributed by atoms with Gasteiger partial charge in [0.2, 0.25) is 10.0 Å². The maximum atomic E-state index is 13.3. The van der Waals surface area contributed by atoms with E-state index in [4.69, 9.17) is 11.6 Å². The first-order valence-electron chi connectivity index (χ1n) is 8.57. The molecule has 0 atom stereocenters. The van der Waals surface area contributed by atoms with Gasteiger partial charge in [0, 0.05) is 20.3 Å². The molecule has 0 bridgehead atoms. The minimum absolute atomic E-state index is 0.108. The average Bonchev–Trinajstić information content (AvgIpc) is 3.22. The molecular formula is C16H15ClFN7O6S. The van der Waals surface area contributed by atoms with E-state index in [0.717, 1.165) is 23.9 Å². The van der Waals surface area contributed by atoms with E-state index in [1.165, 1.54) is 19.2 Å². The molecule has 0 unspecified atom stereocenters. The normalized spacial score (nSPS) is 12.2. The Morgan fingerprint density at radius 2 is 2.03 bits per heavy atom. The van der Waals surface area contributed by atoms with Crippen LogP contribution in [0.1, 0.15) is 11.4 Å². The van der Waals surface area contributed by atoms with Crippen molar-refractivity contribution in [1.29, 1.82) is 0 Å². The number of amidine groups is 1. The number of aryl methyl sites for hydroxylation is 1. The standard InChI is InChI=1S/C16H15ClFN7O6S/c1-24-7-12(15(26)25(2)16(24)27)32(29,30)19-6-11-13(23-31-22-11)14(21-28)20-8-3-4-10(18)9(17)5-8/h3-5,7,19,28H,6H2,1-2H3,(H,20,21). The minimum Gasteiger partial charge on any atom is -0.302 e. The summed E-state index contributed by atoms with van der Waals surface area (Å²) in [5.41, 5.74) is -0.103. The van der Waals surface area contributed by atoms with Crippen LogP contribution in [0.4, 0.5) is 10.1 Å². The van der Waals surface area contributed by atoms with Gasteiger partial charge in [-0.1, -0.05) is 16.8 Å². The van der Waals surface area contributed by atoms with Crippen molar-refractivity contribution in [2.24, 2.45) is 19.1 Å². The van der Waals surface area contributed by atoms with Gasteiger partial charge in [0.15, 0.2) is 16.4 Å². The predicted octanol–water partition coefficient (Wildman–Crippen LogP) is -0.205. The van der Waals surface area contributed by atoms with Crippen LogP contribution in [-0.2, 0) is 30.7 Å². The number of aromatic nitrogens is 4. The molecule has 0 saturated carbocycles. The second-order valence-corrected chi connectivity index (χ2v) is 8.45. The smallest absolute Gasteiger partial charge is 0.302 e. The lowest BCUT2D eigenvalue weighted by atomic mass is 10.3. The molecule has 0 fully saturated rings. The highest BCUT2D eigenvalue weighted by molar-refractivity contribution is 7.89. The van der Waals surface area contributed by atoms with Crippen LogP contribution in [0.25, 0.3) is 0 Å². The molecule has 170 valence electrons. The first-order chi connectivity index (χ1) is 15.0. The monoisotopic (exact) mass is 487 g/mol. The number of hydroxylamine groups is 1. The number of hydrogen-bond acceptors (Lipinski definition) is 9. The van der Waals surface area contributed by atoms with Crippen LogP contribution in [0, 0.1) is 5.82 Å². The van der Waals surface area contributed by atoms with E-state index in [2.05, 4.69) is 24.7 Å². The summed E-state index contributed by atoms with van der Waals surface area (Å²) < 4.78 is 46.9. The van der Waals surface area contributed by atoms with Gasteiger partial charge in [-0.25, -0.2) is 31.9 Å². The molecule has 1 aromatic carbocycles. The van der Waals surface area contributed by atoms with E-state index < -0.39 is 38.5 Å². The van der Waals surface area contributed by atoms with Gasteiger partial charge in [-0.05, 0) is 23.4 Å². The Morgan fingerprint density at radius 3 is 2.69 bits per heavy atom. The molecule has 3 rings (SSSR count). The number of hydrogen-bond donors (Lipinski definition) is 3. The van der Waals surface area contributed by atoms with Gasteiger partial charge in [-0.2, -0.15) is 0 Å². The molecule has 2 heterocycles. The summed E-state index contributed by atoms with van der Waals surface area (Å²) in [6, 6.07) is 3.50. The van der Waals surface area contributed by atoms with Gasteiger partial charge in [0.1, 0.15) is 11.5 Å². The molecule has 16 heteroatoms. The number of aliphatic imine (C=N–C) groups is 1. The number of sulfonamides is 1. The summed E-state index contributed by atoms with van der Waals surface area (Å²) in [5, 5.41) is 16.3. The molecule has 32 heavy (non-hydrogen) atoms. The van der Waals surface area contributed by atoms with E-state index in [0.29, 0.717) is 4.57 Å². The Labute approximate surface area is 183 Å². The highest BCUT2D eigenvalue weighted by Crippen LogP contribution is 2.22. The Kier molecular flexibility index (Phi) is 6.54. The second kappa shape index (κ2) is 8.99. The zero-order valence-electron chi connectivity index (χ0n) is 16.4. The fourth-order valence-corrected chi connectivity index (χ4v) is 3.84. The number of nitrogens with zero attached hydrogens (tertiary/aromatic N) is 5. The summed E-state index contributed by atoms with van der Waals surface area (Å²) in [6.07, 6.45) is 0.884. The van der Waals surface area contributed by atoms with Crippen LogP contribution in [0.5, 0.6) is 0 Å². The molecule has 0 radical (unpaired) electrons. The van der Waals surface area contributed by atoms with Crippen LogP contribution in [0.15, 0.2) is 48.5 Å². The molecule has 3 aromatic rings. The molecule has 0 amide bonds. The van der Waals surface area contributed by atoms with E-state index in [1.54, 1.807) is 5.48 Å². The number of halogens is 2. The fraction of sp³-hybridized carbons (Fsp3) is 0.188. The number of benzene rings is 1. The van der Waals surface area contributed by atoms with Gasteiger partial charge < -0.3 is 4.57 Å². The average molecular weight is 488 g/mol. The minimum atomic E-state index is -4.38.